The number of nitrogen functional groups attached to an aromatic ring is 1. The predicted molar refractivity (Wildman–Crippen MR) is 142 cm³/mol. The van der Waals surface area contributed by atoms with Crippen LogP contribution in [0.1, 0.15) is 29.1 Å². The maximum absolute atomic E-state index is 13.1. The number of aromatic nitrogens is 4. The highest BCUT2D eigenvalue weighted by Gasteiger charge is 2.22. The summed E-state index contributed by atoms with van der Waals surface area (Å²) in [5, 5.41) is 0.512. The third-order valence-corrected chi connectivity index (χ3v) is 7.00. The molecule has 10 heteroatoms. The van der Waals surface area contributed by atoms with Crippen LogP contribution in [-0.2, 0) is 19.5 Å². The van der Waals surface area contributed by atoms with Gasteiger partial charge in [0.2, 0.25) is 0 Å². The molecular formula is C26H30FN7OS. The van der Waals surface area contributed by atoms with Gasteiger partial charge in [0.1, 0.15) is 34.3 Å². The molecule has 0 radical (unpaired) electrons. The smallest absolute Gasteiger partial charge is 0.182 e. The summed E-state index contributed by atoms with van der Waals surface area (Å²) in [7, 11) is 4.00. The zero-order valence-corrected chi connectivity index (χ0v) is 21.6. The Kier molecular flexibility index (Phi) is 6.97. The number of aryl methyl sites for hydroxylation is 1. The molecule has 5 rings (SSSR count). The van der Waals surface area contributed by atoms with Gasteiger partial charge in [-0.1, -0.05) is 17.4 Å². The molecule has 0 fully saturated rings. The molecule has 188 valence electrons. The summed E-state index contributed by atoms with van der Waals surface area (Å²) in [5.74, 6) is 2.49. The quantitative estimate of drug-likeness (QED) is 0.393. The van der Waals surface area contributed by atoms with Crippen molar-refractivity contribution >= 4 is 32.6 Å². The van der Waals surface area contributed by atoms with Crippen molar-refractivity contribution < 1.29 is 9.13 Å². The van der Waals surface area contributed by atoms with E-state index in [0.29, 0.717) is 44.2 Å². The highest BCUT2D eigenvalue weighted by molar-refractivity contribution is 7.21. The average molecular weight is 508 g/mol. The summed E-state index contributed by atoms with van der Waals surface area (Å²) in [5.41, 5.74) is 11.6. The zero-order chi connectivity index (χ0) is 25.2. The maximum atomic E-state index is 13.1. The fraction of sp³-hybridized carbons (Fsp3) is 0.385. The van der Waals surface area contributed by atoms with Gasteiger partial charge >= 0.3 is 0 Å². The maximum Gasteiger partial charge on any atom is 0.182 e. The fourth-order valence-corrected chi connectivity index (χ4v) is 5.20. The number of pyridine rings is 1. The van der Waals surface area contributed by atoms with E-state index in [4.69, 9.17) is 20.4 Å². The van der Waals surface area contributed by atoms with Crippen molar-refractivity contribution in [1.82, 2.24) is 24.8 Å². The van der Waals surface area contributed by atoms with Crippen molar-refractivity contribution in [2.75, 3.05) is 44.6 Å². The van der Waals surface area contributed by atoms with E-state index in [2.05, 4.69) is 20.9 Å². The summed E-state index contributed by atoms with van der Waals surface area (Å²) in [6, 6.07) is 8.22. The van der Waals surface area contributed by atoms with Crippen molar-refractivity contribution in [3.63, 3.8) is 0 Å². The largest absolute Gasteiger partial charge is 0.491 e. The molecule has 0 atom stereocenters. The van der Waals surface area contributed by atoms with Gasteiger partial charge in [0.15, 0.2) is 5.13 Å². The lowest BCUT2D eigenvalue weighted by molar-refractivity contribution is 0.331. The standard InChI is InChI=1S/C26H30FN7OS/c1-16-20(5-4-8-27)24(32-23(30-16)15-33(2)3)34-9-10-35-22-7-6-17(11-19(22)14-34)18-12-21-25(29-13-18)36-26(28)31-21/h6-7,11-13H,4-5,8-10,14-15H2,1-3H3,(H2,28,31). The zero-order valence-electron chi connectivity index (χ0n) is 20.8. The number of hydrogen-bond acceptors (Lipinski definition) is 9. The molecule has 0 amide bonds. The SMILES string of the molecule is Cc1nc(CN(C)C)nc(N2CCOc3ccc(-c4cnc5sc(N)nc5c4)cc3C2)c1CCCF. The van der Waals surface area contributed by atoms with Crippen LogP contribution in [0.15, 0.2) is 30.5 Å². The number of halogens is 1. The first-order chi connectivity index (χ1) is 17.4. The third kappa shape index (κ3) is 5.10. The summed E-state index contributed by atoms with van der Waals surface area (Å²) >= 11 is 1.38. The normalized spacial score (nSPS) is 13.6. The molecule has 0 saturated carbocycles. The minimum atomic E-state index is -0.364. The summed E-state index contributed by atoms with van der Waals surface area (Å²) < 4.78 is 19.2. The molecule has 1 aliphatic rings. The second-order valence-electron chi connectivity index (χ2n) is 9.25. The highest BCUT2D eigenvalue weighted by atomic mass is 32.1. The van der Waals surface area contributed by atoms with Gasteiger partial charge in [-0.25, -0.2) is 19.9 Å². The first-order valence-corrected chi connectivity index (χ1v) is 12.8. The summed E-state index contributed by atoms with van der Waals surface area (Å²) in [4.78, 5) is 23.7. The van der Waals surface area contributed by atoms with Crippen LogP contribution >= 0.6 is 11.3 Å². The van der Waals surface area contributed by atoms with E-state index in [1.54, 1.807) is 0 Å². The fourth-order valence-electron chi connectivity index (χ4n) is 4.54. The molecule has 4 heterocycles. The van der Waals surface area contributed by atoms with Crippen molar-refractivity contribution in [1.29, 1.82) is 0 Å². The van der Waals surface area contributed by atoms with Crippen LogP contribution in [0.2, 0.25) is 0 Å². The van der Waals surface area contributed by atoms with Crippen LogP contribution in [0.4, 0.5) is 15.3 Å². The lowest BCUT2D eigenvalue weighted by Crippen LogP contribution is -2.29. The number of alkyl halides is 1. The number of rotatable bonds is 7. The monoisotopic (exact) mass is 507 g/mol. The minimum Gasteiger partial charge on any atom is -0.491 e. The summed E-state index contributed by atoms with van der Waals surface area (Å²) in [6.07, 6.45) is 2.91. The van der Waals surface area contributed by atoms with E-state index in [0.717, 1.165) is 55.7 Å². The average Bonchev–Trinajstić information content (AvgIpc) is 3.08. The summed E-state index contributed by atoms with van der Waals surface area (Å²) in [6.45, 7) is 4.11. The number of benzene rings is 1. The molecule has 0 spiro atoms. The van der Waals surface area contributed by atoms with E-state index in [1.165, 1.54) is 11.3 Å². The van der Waals surface area contributed by atoms with Gasteiger partial charge in [0.05, 0.1) is 19.8 Å². The van der Waals surface area contributed by atoms with Crippen molar-refractivity contribution in [3.8, 4) is 16.9 Å². The molecule has 0 bridgehead atoms. The Labute approximate surface area is 214 Å². The first-order valence-electron chi connectivity index (χ1n) is 12.0. The molecule has 4 aromatic rings. The van der Waals surface area contributed by atoms with E-state index in [-0.39, 0.29) is 6.67 Å². The molecule has 0 aliphatic carbocycles. The Hall–Kier alpha value is -3.37. The van der Waals surface area contributed by atoms with E-state index in [9.17, 15) is 4.39 Å². The van der Waals surface area contributed by atoms with Gasteiger partial charge in [0, 0.05) is 35.1 Å². The molecule has 2 N–H and O–H groups in total. The van der Waals surface area contributed by atoms with Gasteiger partial charge in [-0.15, -0.1) is 0 Å². The lowest BCUT2D eigenvalue weighted by atomic mass is 10.0. The molecular weight excluding hydrogens is 477 g/mol. The number of fused-ring (bicyclic) bond motifs is 2. The number of anilines is 2. The first kappa shape index (κ1) is 24.3. The second kappa shape index (κ2) is 10.3. The molecule has 0 saturated heterocycles. The Morgan fingerprint density at radius 3 is 2.83 bits per heavy atom. The van der Waals surface area contributed by atoms with Crippen molar-refractivity contribution in [2.24, 2.45) is 0 Å². The van der Waals surface area contributed by atoms with Gasteiger partial charge in [-0.2, -0.15) is 0 Å². The lowest BCUT2D eigenvalue weighted by Gasteiger charge is -2.26. The Balaban J connectivity index is 1.51. The van der Waals surface area contributed by atoms with Crippen LogP contribution in [0.3, 0.4) is 0 Å². The molecule has 1 aromatic carbocycles. The highest BCUT2D eigenvalue weighted by Crippen LogP contribution is 2.33. The molecule has 1 aliphatic heterocycles. The predicted octanol–water partition coefficient (Wildman–Crippen LogP) is 4.40. The van der Waals surface area contributed by atoms with Crippen LogP contribution in [-0.4, -0.2) is 58.8 Å². The number of nitrogens with zero attached hydrogens (tertiary/aromatic N) is 6. The van der Waals surface area contributed by atoms with Gasteiger partial charge < -0.3 is 20.3 Å². The topological polar surface area (TPSA) is 93.3 Å². The molecule has 8 nitrogen and oxygen atoms in total. The number of thiazole rings is 1. The van der Waals surface area contributed by atoms with Gasteiger partial charge in [0.25, 0.3) is 0 Å². The van der Waals surface area contributed by atoms with E-state index >= 15 is 0 Å². The van der Waals surface area contributed by atoms with Crippen LogP contribution < -0.4 is 15.4 Å². The number of ether oxygens (including phenoxy) is 1. The molecule has 36 heavy (non-hydrogen) atoms. The van der Waals surface area contributed by atoms with Crippen LogP contribution in [0.25, 0.3) is 21.5 Å². The van der Waals surface area contributed by atoms with Crippen molar-refractivity contribution in [3.05, 3.63) is 53.1 Å². The Bertz CT molecular complexity index is 1390. The third-order valence-electron chi connectivity index (χ3n) is 6.19. The van der Waals surface area contributed by atoms with E-state index < -0.39 is 0 Å². The number of nitrogens with two attached hydrogens (primary N) is 1. The van der Waals surface area contributed by atoms with Gasteiger partial charge in [-0.3, -0.25) is 4.39 Å². The second-order valence-corrected chi connectivity index (χ2v) is 10.3. The molecule has 0 unspecified atom stereocenters. The van der Waals surface area contributed by atoms with Gasteiger partial charge in [-0.05, 0) is 57.6 Å². The van der Waals surface area contributed by atoms with Crippen LogP contribution in [0, 0.1) is 6.92 Å². The van der Waals surface area contributed by atoms with Crippen LogP contribution in [0.5, 0.6) is 5.75 Å². The Morgan fingerprint density at radius 1 is 1.17 bits per heavy atom. The van der Waals surface area contributed by atoms with E-state index in [1.807, 2.05) is 50.3 Å². The Morgan fingerprint density at radius 2 is 2.03 bits per heavy atom. The molecule has 3 aromatic heterocycles. The number of hydrogen-bond donors (Lipinski definition) is 1. The van der Waals surface area contributed by atoms with Crippen molar-refractivity contribution in [2.45, 2.75) is 32.9 Å². The minimum absolute atomic E-state index is 0.364.